The van der Waals surface area contributed by atoms with Crippen LogP contribution in [0.3, 0.4) is 0 Å². The zero-order valence-electron chi connectivity index (χ0n) is 7.36. The topological polar surface area (TPSA) is 36.1 Å². The highest BCUT2D eigenvalue weighted by Crippen LogP contribution is 1.92. The van der Waals surface area contributed by atoms with E-state index in [1.54, 1.807) is 0 Å². The summed E-state index contributed by atoms with van der Waals surface area (Å²) in [7, 11) is 5.90. The molecule has 0 saturated carbocycles. The van der Waals surface area contributed by atoms with Crippen LogP contribution in [0.5, 0.6) is 0 Å². The highest BCUT2D eigenvalue weighted by atomic mass is 15.1. The van der Waals surface area contributed by atoms with Crippen LogP contribution >= 0.6 is 0 Å². The second-order valence-corrected chi connectivity index (χ2v) is 2.56. The van der Waals surface area contributed by atoms with Crippen molar-refractivity contribution in [3.8, 4) is 0 Å². The molecule has 1 unspecified atom stereocenters. The highest BCUT2D eigenvalue weighted by Gasteiger charge is 2.05. The first-order valence-electron chi connectivity index (χ1n) is 3.76. The molecule has 0 bridgehead atoms. The first-order chi connectivity index (χ1) is 4.74. The van der Waals surface area contributed by atoms with Gasteiger partial charge >= 0.3 is 0 Å². The van der Waals surface area contributed by atoms with Crippen LogP contribution in [0.2, 0.25) is 0 Å². The van der Waals surface area contributed by atoms with Crippen LogP contribution in [0.25, 0.3) is 0 Å². The van der Waals surface area contributed by atoms with E-state index in [0.717, 1.165) is 6.42 Å². The molecule has 0 fully saturated rings. The van der Waals surface area contributed by atoms with Gasteiger partial charge in [-0.05, 0) is 34.5 Å². The van der Waals surface area contributed by atoms with Gasteiger partial charge in [0.15, 0.2) is 0 Å². The van der Waals surface area contributed by atoms with Gasteiger partial charge in [0.1, 0.15) is 0 Å². The molecular formula is C7H19N3. The summed E-state index contributed by atoms with van der Waals surface area (Å²) >= 11 is 0. The smallest absolute Gasteiger partial charge is 0.0581 e. The van der Waals surface area contributed by atoms with E-state index in [-0.39, 0.29) is 0 Å². The molecule has 0 rings (SSSR count). The van der Waals surface area contributed by atoms with Gasteiger partial charge in [0.2, 0.25) is 0 Å². The van der Waals surface area contributed by atoms with Gasteiger partial charge in [0.25, 0.3) is 0 Å². The lowest BCUT2D eigenvalue weighted by atomic mass is 10.2. The van der Waals surface area contributed by atoms with Crippen LogP contribution in [-0.2, 0) is 0 Å². The Balaban J connectivity index is 3.41. The van der Waals surface area contributed by atoms with Crippen molar-refractivity contribution < 1.29 is 0 Å². The zero-order valence-corrected chi connectivity index (χ0v) is 7.36. The van der Waals surface area contributed by atoms with Gasteiger partial charge in [-0.25, -0.2) is 0 Å². The van der Waals surface area contributed by atoms with Crippen molar-refractivity contribution in [3.63, 3.8) is 0 Å². The van der Waals surface area contributed by atoms with Crippen LogP contribution in [0, 0.1) is 0 Å². The number of hydrogen-bond donors (Lipinski definition) is 3. The molecule has 0 heterocycles. The molecule has 10 heavy (non-hydrogen) atoms. The first-order valence-corrected chi connectivity index (χ1v) is 3.76. The Hall–Kier alpha value is -0.120. The molecule has 0 saturated heterocycles. The fourth-order valence-corrected chi connectivity index (χ4v) is 0.851. The van der Waals surface area contributed by atoms with Crippen LogP contribution in [0.15, 0.2) is 0 Å². The number of rotatable bonds is 5. The van der Waals surface area contributed by atoms with Crippen molar-refractivity contribution in [3.05, 3.63) is 0 Å². The molecule has 0 radical (unpaired) electrons. The average molecular weight is 145 g/mol. The standard InChI is InChI=1S/C7H19N3/c1-6(8-2)5-7(9-3)10-4/h6-10H,5H2,1-4H3. The third kappa shape index (κ3) is 3.82. The van der Waals surface area contributed by atoms with Crippen molar-refractivity contribution in [2.45, 2.75) is 25.6 Å². The quantitative estimate of drug-likeness (QED) is 0.467. The van der Waals surface area contributed by atoms with Crippen molar-refractivity contribution in [1.29, 1.82) is 0 Å². The Morgan fingerprint density at radius 1 is 1.00 bits per heavy atom. The molecule has 1 atom stereocenters. The molecule has 0 aliphatic rings. The van der Waals surface area contributed by atoms with E-state index < -0.39 is 0 Å². The molecule has 3 nitrogen and oxygen atoms in total. The van der Waals surface area contributed by atoms with Crippen molar-refractivity contribution in [1.82, 2.24) is 16.0 Å². The lowest BCUT2D eigenvalue weighted by molar-refractivity contribution is 0.405. The molecule has 0 spiro atoms. The summed E-state index contributed by atoms with van der Waals surface area (Å²) in [6, 6.07) is 0.560. The maximum atomic E-state index is 3.18. The third-order valence-electron chi connectivity index (χ3n) is 1.78. The summed E-state index contributed by atoms with van der Waals surface area (Å²) in [5, 5.41) is 9.52. The minimum absolute atomic E-state index is 0.419. The third-order valence-corrected chi connectivity index (χ3v) is 1.78. The Bertz CT molecular complexity index is 71.3. The van der Waals surface area contributed by atoms with Crippen LogP contribution in [0.4, 0.5) is 0 Å². The Morgan fingerprint density at radius 3 is 1.80 bits per heavy atom. The maximum absolute atomic E-state index is 3.18. The van der Waals surface area contributed by atoms with E-state index in [2.05, 4.69) is 22.9 Å². The van der Waals surface area contributed by atoms with Crippen molar-refractivity contribution in [2.75, 3.05) is 21.1 Å². The van der Waals surface area contributed by atoms with Crippen molar-refractivity contribution >= 4 is 0 Å². The first kappa shape index (κ1) is 9.88. The molecule has 0 aliphatic carbocycles. The lowest BCUT2D eigenvalue weighted by Crippen LogP contribution is -2.42. The minimum Gasteiger partial charge on any atom is -0.317 e. The Kier molecular flexibility index (Phi) is 5.58. The van der Waals surface area contributed by atoms with Gasteiger partial charge < -0.3 is 16.0 Å². The predicted molar refractivity (Wildman–Crippen MR) is 45.0 cm³/mol. The number of nitrogens with one attached hydrogen (secondary N) is 3. The summed E-state index contributed by atoms with van der Waals surface area (Å²) in [5.74, 6) is 0. The highest BCUT2D eigenvalue weighted by molar-refractivity contribution is 4.66. The Morgan fingerprint density at radius 2 is 1.50 bits per heavy atom. The van der Waals surface area contributed by atoms with Crippen molar-refractivity contribution in [2.24, 2.45) is 0 Å². The molecule has 0 aromatic carbocycles. The average Bonchev–Trinajstić information content (AvgIpc) is 1.99. The van der Waals surface area contributed by atoms with E-state index in [4.69, 9.17) is 0 Å². The summed E-state index contributed by atoms with van der Waals surface area (Å²) in [4.78, 5) is 0. The predicted octanol–water partition coefficient (Wildman–Crippen LogP) is -0.251. The largest absolute Gasteiger partial charge is 0.317 e. The normalized spacial score (nSPS) is 14.1. The molecule has 62 valence electrons. The van der Waals surface area contributed by atoms with Crippen LogP contribution in [0.1, 0.15) is 13.3 Å². The molecule has 3 heteroatoms. The van der Waals surface area contributed by atoms with Gasteiger partial charge in [-0.2, -0.15) is 0 Å². The monoisotopic (exact) mass is 145 g/mol. The second-order valence-electron chi connectivity index (χ2n) is 2.56. The van der Waals surface area contributed by atoms with Crippen LogP contribution < -0.4 is 16.0 Å². The lowest BCUT2D eigenvalue weighted by Gasteiger charge is -2.19. The van der Waals surface area contributed by atoms with Gasteiger partial charge in [-0.1, -0.05) is 0 Å². The minimum atomic E-state index is 0.419. The van der Waals surface area contributed by atoms with Crippen LogP contribution in [-0.4, -0.2) is 33.4 Å². The van der Waals surface area contributed by atoms with Gasteiger partial charge in [0, 0.05) is 6.04 Å². The van der Waals surface area contributed by atoms with E-state index in [9.17, 15) is 0 Å². The van der Waals surface area contributed by atoms with Gasteiger partial charge in [-0.15, -0.1) is 0 Å². The zero-order chi connectivity index (χ0) is 7.98. The second kappa shape index (κ2) is 5.65. The number of hydrogen-bond acceptors (Lipinski definition) is 3. The van der Waals surface area contributed by atoms with Gasteiger partial charge in [0.05, 0.1) is 6.17 Å². The fourth-order valence-electron chi connectivity index (χ4n) is 0.851. The van der Waals surface area contributed by atoms with E-state index in [1.165, 1.54) is 0 Å². The fraction of sp³-hybridized carbons (Fsp3) is 1.00. The Labute approximate surface area is 63.6 Å². The summed E-state index contributed by atoms with van der Waals surface area (Å²) in [6.07, 6.45) is 1.52. The van der Waals surface area contributed by atoms with Gasteiger partial charge in [-0.3, -0.25) is 0 Å². The van der Waals surface area contributed by atoms with E-state index in [1.807, 2.05) is 21.1 Å². The van der Waals surface area contributed by atoms with E-state index >= 15 is 0 Å². The molecule has 0 aliphatic heterocycles. The summed E-state index contributed by atoms with van der Waals surface area (Å²) in [5.41, 5.74) is 0. The molecule has 0 aromatic rings. The molecule has 0 amide bonds. The van der Waals surface area contributed by atoms with E-state index in [0.29, 0.717) is 12.2 Å². The summed E-state index contributed by atoms with van der Waals surface area (Å²) in [6.45, 7) is 2.17. The summed E-state index contributed by atoms with van der Waals surface area (Å²) < 4.78 is 0. The molecule has 3 N–H and O–H groups in total. The molecular weight excluding hydrogens is 126 g/mol. The SMILES string of the molecule is CNC(C)CC(NC)NC. The molecule has 0 aromatic heterocycles. The maximum Gasteiger partial charge on any atom is 0.0581 e.